The molecule has 2 fully saturated rings. The minimum absolute atomic E-state index is 0.0427. The van der Waals surface area contributed by atoms with E-state index in [0.717, 1.165) is 38.4 Å². The zero-order valence-electron chi connectivity index (χ0n) is 13.2. The lowest BCUT2D eigenvalue weighted by Crippen LogP contribution is -2.38. The van der Waals surface area contributed by atoms with E-state index in [4.69, 9.17) is 4.74 Å². The van der Waals surface area contributed by atoms with Gasteiger partial charge in [0.05, 0.1) is 6.10 Å². The van der Waals surface area contributed by atoms with Crippen molar-refractivity contribution >= 4 is 11.8 Å². The Morgan fingerprint density at radius 3 is 2.70 bits per heavy atom. The van der Waals surface area contributed by atoms with Gasteiger partial charge in [0.1, 0.15) is 5.82 Å². The van der Waals surface area contributed by atoms with Crippen molar-refractivity contribution in [2.45, 2.75) is 44.0 Å². The second kappa shape index (κ2) is 6.14. The van der Waals surface area contributed by atoms with Crippen LogP contribution in [0.2, 0.25) is 0 Å². The van der Waals surface area contributed by atoms with E-state index in [0.29, 0.717) is 5.92 Å². The first kappa shape index (κ1) is 16.3. The molecule has 3 atom stereocenters. The largest absolute Gasteiger partial charge is 0.433 e. The van der Waals surface area contributed by atoms with Crippen LogP contribution in [0.1, 0.15) is 31.4 Å². The van der Waals surface area contributed by atoms with Gasteiger partial charge in [0, 0.05) is 38.7 Å². The number of alkyl halides is 3. The summed E-state index contributed by atoms with van der Waals surface area (Å²) in [7, 11) is 3.32. The van der Waals surface area contributed by atoms with Crippen LogP contribution in [0.15, 0.2) is 6.07 Å². The zero-order valence-corrected chi connectivity index (χ0v) is 13.2. The van der Waals surface area contributed by atoms with E-state index >= 15 is 0 Å². The first-order valence-corrected chi connectivity index (χ1v) is 7.86. The standard InChI is InChI=1S/C15H21F3N4O/c1-22(2)13-8-12(15(16,17)18)20-14(21-13)19-10-4-3-5-11-9(10)6-7-23-11/h8-11H,3-7H2,1-2H3,(H,19,20,21). The fourth-order valence-corrected chi connectivity index (χ4v) is 3.39. The number of nitrogens with one attached hydrogen (secondary N) is 1. The smallest absolute Gasteiger partial charge is 0.378 e. The molecule has 1 N–H and O–H groups in total. The third kappa shape index (κ3) is 3.52. The van der Waals surface area contributed by atoms with Crippen molar-refractivity contribution in [3.63, 3.8) is 0 Å². The molecule has 3 unspecified atom stereocenters. The maximum atomic E-state index is 13.0. The summed E-state index contributed by atoms with van der Waals surface area (Å²) >= 11 is 0. The Morgan fingerprint density at radius 2 is 2.00 bits per heavy atom. The van der Waals surface area contributed by atoms with Gasteiger partial charge in [-0.05, 0) is 25.7 Å². The van der Waals surface area contributed by atoms with Crippen molar-refractivity contribution in [2.75, 3.05) is 30.9 Å². The van der Waals surface area contributed by atoms with Gasteiger partial charge < -0.3 is 15.0 Å². The Labute approximate surface area is 133 Å². The first-order valence-electron chi connectivity index (χ1n) is 7.86. The van der Waals surface area contributed by atoms with Crippen molar-refractivity contribution < 1.29 is 17.9 Å². The molecule has 1 aromatic heterocycles. The highest BCUT2D eigenvalue weighted by Gasteiger charge is 2.39. The van der Waals surface area contributed by atoms with E-state index in [1.807, 2.05) is 0 Å². The normalized spacial score (nSPS) is 27.6. The van der Waals surface area contributed by atoms with E-state index in [9.17, 15) is 13.2 Å². The van der Waals surface area contributed by atoms with Gasteiger partial charge in [-0.2, -0.15) is 18.2 Å². The summed E-state index contributed by atoms with van der Waals surface area (Å²) in [6, 6.07) is 1.03. The molecule has 0 spiro atoms. The maximum absolute atomic E-state index is 13.0. The summed E-state index contributed by atoms with van der Waals surface area (Å²) in [6.07, 6.45) is -0.424. The van der Waals surface area contributed by atoms with Crippen LogP contribution in [0.5, 0.6) is 0 Å². The molecule has 1 aliphatic carbocycles. The number of halogens is 3. The Morgan fingerprint density at radius 1 is 1.22 bits per heavy atom. The molecule has 128 valence electrons. The summed E-state index contributed by atoms with van der Waals surface area (Å²) < 4.78 is 44.8. The highest BCUT2D eigenvalue weighted by Crippen LogP contribution is 2.36. The monoisotopic (exact) mass is 330 g/mol. The van der Waals surface area contributed by atoms with Crippen molar-refractivity contribution in [1.82, 2.24) is 9.97 Å². The Bertz CT molecular complexity index is 564. The molecule has 3 rings (SSSR count). The van der Waals surface area contributed by atoms with Gasteiger partial charge >= 0.3 is 6.18 Å². The minimum atomic E-state index is -4.49. The summed E-state index contributed by atoms with van der Waals surface area (Å²) in [4.78, 5) is 9.44. The number of nitrogens with zero attached hydrogens (tertiary/aromatic N) is 3. The molecule has 1 aliphatic heterocycles. The van der Waals surface area contributed by atoms with E-state index < -0.39 is 11.9 Å². The number of anilines is 2. The van der Waals surface area contributed by atoms with Crippen LogP contribution in [-0.4, -0.2) is 42.8 Å². The third-order valence-corrected chi connectivity index (χ3v) is 4.56. The predicted octanol–water partition coefficient (Wildman–Crippen LogP) is 2.93. The fraction of sp³-hybridized carbons (Fsp3) is 0.733. The summed E-state index contributed by atoms with van der Waals surface area (Å²) in [5, 5.41) is 3.13. The third-order valence-electron chi connectivity index (χ3n) is 4.56. The molecule has 1 saturated carbocycles. The minimum Gasteiger partial charge on any atom is -0.378 e. The van der Waals surface area contributed by atoms with Crippen LogP contribution in [0, 0.1) is 5.92 Å². The van der Waals surface area contributed by atoms with Crippen LogP contribution < -0.4 is 10.2 Å². The second-order valence-corrected chi connectivity index (χ2v) is 6.37. The molecule has 5 nitrogen and oxygen atoms in total. The Kier molecular flexibility index (Phi) is 4.35. The maximum Gasteiger partial charge on any atom is 0.433 e. The summed E-state index contributed by atoms with van der Waals surface area (Å²) in [5.74, 6) is 0.607. The number of ether oxygens (including phenoxy) is 1. The lowest BCUT2D eigenvalue weighted by atomic mass is 9.82. The van der Waals surface area contributed by atoms with E-state index in [2.05, 4.69) is 15.3 Å². The van der Waals surface area contributed by atoms with Gasteiger partial charge in [-0.25, -0.2) is 4.98 Å². The van der Waals surface area contributed by atoms with E-state index in [1.54, 1.807) is 19.0 Å². The molecule has 23 heavy (non-hydrogen) atoms. The van der Waals surface area contributed by atoms with Gasteiger partial charge in [0.25, 0.3) is 0 Å². The zero-order chi connectivity index (χ0) is 16.6. The first-order chi connectivity index (χ1) is 10.8. The second-order valence-electron chi connectivity index (χ2n) is 6.37. The number of rotatable bonds is 3. The Hall–Kier alpha value is -1.57. The lowest BCUT2D eigenvalue weighted by Gasteiger charge is -2.33. The number of hydrogen-bond acceptors (Lipinski definition) is 5. The molecule has 1 aromatic rings. The van der Waals surface area contributed by atoms with Crippen molar-refractivity contribution in [3.05, 3.63) is 11.8 Å². The summed E-state index contributed by atoms with van der Waals surface area (Å²) in [6.45, 7) is 0.722. The molecule has 2 aliphatic rings. The molecule has 1 saturated heterocycles. The molecule has 0 radical (unpaired) electrons. The highest BCUT2D eigenvalue weighted by atomic mass is 19.4. The van der Waals surface area contributed by atoms with E-state index in [1.165, 1.54) is 0 Å². The average molecular weight is 330 g/mol. The number of fused-ring (bicyclic) bond motifs is 1. The SMILES string of the molecule is CN(C)c1cc(C(F)(F)F)nc(NC2CCCC3OCCC23)n1. The van der Waals surface area contributed by atoms with E-state index in [-0.39, 0.29) is 23.9 Å². The highest BCUT2D eigenvalue weighted by molar-refractivity contribution is 5.44. The molecular formula is C15H21F3N4O. The molecule has 0 amide bonds. The topological polar surface area (TPSA) is 50.3 Å². The van der Waals surface area contributed by atoms with Crippen LogP contribution in [0.25, 0.3) is 0 Å². The van der Waals surface area contributed by atoms with Crippen LogP contribution in [-0.2, 0) is 10.9 Å². The van der Waals surface area contributed by atoms with Gasteiger partial charge in [0.15, 0.2) is 5.69 Å². The van der Waals surface area contributed by atoms with Crippen LogP contribution in [0.4, 0.5) is 24.9 Å². The number of hydrogen-bond donors (Lipinski definition) is 1. The molecular weight excluding hydrogens is 309 g/mol. The van der Waals surface area contributed by atoms with Crippen molar-refractivity contribution in [2.24, 2.45) is 5.92 Å². The van der Waals surface area contributed by atoms with Crippen LogP contribution in [0.3, 0.4) is 0 Å². The van der Waals surface area contributed by atoms with Crippen molar-refractivity contribution in [3.8, 4) is 0 Å². The predicted molar refractivity (Wildman–Crippen MR) is 80.5 cm³/mol. The molecule has 0 bridgehead atoms. The average Bonchev–Trinajstić information content (AvgIpc) is 2.95. The van der Waals surface area contributed by atoms with Gasteiger partial charge in [0.2, 0.25) is 5.95 Å². The fourth-order valence-electron chi connectivity index (χ4n) is 3.39. The van der Waals surface area contributed by atoms with Gasteiger partial charge in [-0.1, -0.05) is 0 Å². The van der Waals surface area contributed by atoms with Gasteiger partial charge in [-0.3, -0.25) is 0 Å². The van der Waals surface area contributed by atoms with Crippen LogP contribution >= 0.6 is 0 Å². The van der Waals surface area contributed by atoms with Gasteiger partial charge in [-0.15, -0.1) is 0 Å². The molecule has 0 aromatic carbocycles. The number of aromatic nitrogens is 2. The molecule has 8 heteroatoms. The quantitative estimate of drug-likeness (QED) is 0.923. The lowest BCUT2D eigenvalue weighted by molar-refractivity contribution is -0.141. The molecule has 2 heterocycles. The summed E-state index contributed by atoms with van der Waals surface area (Å²) in [5.41, 5.74) is -0.922. The Balaban J connectivity index is 1.85. The van der Waals surface area contributed by atoms with Crippen molar-refractivity contribution in [1.29, 1.82) is 0 Å².